The second-order valence-corrected chi connectivity index (χ2v) is 7.86. The fraction of sp³-hybridized carbons (Fsp3) is 0.150. The van der Waals surface area contributed by atoms with Crippen molar-refractivity contribution in [3.8, 4) is 11.1 Å². The highest BCUT2D eigenvalue weighted by Gasteiger charge is 2.24. The van der Waals surface area contributed by atoms with Crippen LogP contribution in [0.2, 0.25) is 0 Å². The maximum atomic E-state index is 12.1. The highest BCUT2D eigenvalue weighted by Crippen LogP contribution is 2.25. The van der Waals surface area contributed by atoms with E-state index in [-0.39, 0.29) is 12.5 Å². The summed E-state index contributed by atoms with van der Waals surface area (Å²) in [7, 11) is 0. The Morgan fingerprint density at radius 1 is 1.12 bits per heavy atom. The molecule has 3 rings (SSSR count). The van der Waals surface area contributed by atoms with E-state index >= 15 is 0 Å². The summed E-state index contributed by atoms with van der Waals surface area (Å²) in [5, 5.41) is 15.4. The Labute approximate surface area is 159 Å². The number of nitrogens with one attached hydrogen (secondary N) is 1. The molecule has 0 aliphatic rings. The first-order valence-electron chi connectivity index (χ1n) is 7.86. The van der Waals surface area contributed by atoms with Crippen molar-refractivity contribution in [3.05, 3.63) is 81.0 Å². The third kappa shape index (κ3) is 4.37. The molecule has 2 N–H and O–H groups in total. The van der Waals surface area contributed by atoms with Crippen LogP contribution in [0.25, 0.3) is 11.1 Å². The lowest BCUT2D eigenvalue weighted by atomic mass is 9.93. The van der Waals surface area contributed by atoms with Crippen molar-refractivity contribution in [2.45, 2.75) is 12.5 Å². The number of hydrogen-bond donors (Lipinski definition) is 2. The van der Waals surface area contributed by atoms with Gasteiger partial charge in [-0.25, -0.2) is 0 Å². The van der Waals surface area contributed by atoms with Crippen LogP contribution >= 0.6 is 27.3 Å². The van der Waals surface area contributed by atoms with Crippen LogP contribution in [-0.2, 0) is 5.60 Å². The SMILES string of the molecule is CC(O)(CNC(=O)c1cc(Br)cs1)c1ccc(-c2ccccc2)cc1. The van der Waals surface area contributed by atoms with Gasteiger partial charge in [0, 0.05) is 9.85 Å². The summed E-state index contributed by atoms with van der Waals surface area (Å²) in [6, 6.07) is 19.6. The van der Waals surface area contributed by atoms with Crippen molar-refractivity contribution in [2.24, 2.45) is 0 Å². The van der Waals surface area contributed by atoms with Gasteiger partial charge in [0.25, 0.3) is 5.91 Å². The summed E-state index contributed by atoms with van der Waals surface area (Å²) in [5.41, 5.74) is 1.84. The molecule has 3 nitrogen and oxygen atoms in total. The standard InChI is InChI=1S/C20H18BrNO2S/c1-20(24,13-22-19(23)18-11-17(21)12-25-18)16-9-7-15(8-10-16)14-5-3-2-4-6-14/h2-12,24H,13H2,1H3,(H,22,23). The molecule has 0 saturated heterocycles. The lowest BCUT2D eigenvalue weighted by molar-refractivity contribution is 0.0527. The fourth-order valence-corrected chi connectivity index (χ4v) is 3.87. The van der Waals surface area contributed by atoms with E-state index in [1.54, 1.807) is 13.0 Å². The predicted octanol–water partition coefficient (Wildman–Crippen LogP) is 4.82. The summed E-state index contributed by atoms with van der Waals surface area (Å²) in [6.45, 7) is 1.85. The van der Waals surface area contributed by atoms with E-state index in [1.807, 2.05) is 60.0 Å². The Morgan fingerprint density at radius 2 is 1.76 bits per heavy atom. The Balaban J connectivity index is 1.68. The van der Waals surface area contributed by atoms with Crippen molar-refractivity contribution in [1.29, 1.82) is 0 Å². The molecule has 0 aliphatic heterocycles. The molecule has 128 valence electrons. The summed E-state index contributed by atoms with van der Waals surface area (Å²) in [5.74, 6) is -0.183. The van der Waals surface area contributed by atoms with Crippen LogP contribution < -0.4 is 5.32 Å². The van der Waals surface area contributed by atoms with Crippen molar-refractivity contribution in [2.75, 3.05) is 6.54 Å². The summed E-state index contributed by atoms with van der Waals surface area (Å²) in [4.78, 5) is 12.8. The Bertz CT molecular complexity index is 857. The quantitative estimate of drug-likeness (QED) is 0.627. The molecule has 0 bridgehead atoms. The van der Waals surface area contributed by atoms with Gasteiger partial charge in [-0.05, 0) is 45.6 Å². The molecule has 0 spiro atoms. The molecule has 1 unspecified atom stereocenters. The van der Waals surface area contributed by atoms with Gasteiger partial charge in [-0.2, -0.15) is 0 Å². The molecule has 25 heavy (non-hydrogen) atoms. The van der Waals surface area contributed by atoms with Gasteiger partial charge in [0.1, 0.15) is 5.60 Å². The van der Waals surface area contributed by atoms with E-state index in [4.69, 9.17) is 0 Å². The zero-order valence-corrected chi connectivity index (χ0v) is 16.1. The minimum Gasteiger partial charge on any atom is -0.384 e. The van der Waals surface area contributed by atoms with Crippen LogP contribution in [0.5, 0.6) is 0 Å². The average molecular weight is 416 g/mol. The summed E-state index contributed by atoms with van der Waals surface area (Å²) >= 11 is 4.70. The Hall–Kier alpha value is -1.95. The molecule has 0 radical (unpaired) electrons. The van der Waals surface area contributed by atoms with Gasteiger partial charge in [0.05, 0.1) is 11.4 Å². The third-order valence-electron chi connectivity index (χ3n) is 4.00. The van der Waals surface area contributed by atoms with Crippen LogP contribution in [0.3, 0.4) is 0 Å². The molecule has 0 fully saturated rings. The predicted molar refractivity (Wildman–Crippen MR) is 106 cm³/mol. The molecule has 0 saturated carbocycles. The molecular weight excluding hydrogens is 398 g/mol. The van der Waals surface area contributed by atoms with Crippen molar-refractivity contribution in [3.63, 3.8) is 0 Å². The van der Waals surface area contributed by atoms with E-state index in [1.165, 1.54) is 11.3 Å². The smallest absolute Gasteiger partial charge is 0.261 e. The summed E-state index contributed by atoms with van der Waals surface area (Å²) in [6.07, 6.45) is 0. The van der Waals surface area contributed by atoms with E-state index in [2.05, 4.69) is 21.2 Å². The first-order chi connectivity index (χ1) is 12.0. The van der Waals surface area contributed by atoms with Gasteiger partial charge in [-0.15, -0.1) is 11.3 Å². The number of rotatable bonds is 5. The molecule has 2 aromatic carbocycles. The lowest BCUT2D eigenvalue weighted by Gasteiger charge is -2.24. The molecule has 1 aromatic heterocycles. The molecular formula is C20H18BrNO2S. The minimum absolute atomic E-state index is 0.145. The number of aliphatic hydroxyl groups is 1. The first-order valence-corrected chi connectivity index (χ1v) is 9.53. The Kier molecular flexibility index (Phi) is 5.37. The number of thiophene rings is 1. The zero-order chi connectivity index (χ0) is 17.9. The van der Waals surface area contributed by atoms with Gasteiger partial charge in [-0.3, -0.25) is 4.79 Å². The number of carbonyl (C=O) groups is 1. The van der Waals surface area contributed by atoms with Crippen molar-refractivity contribution >= 4 is 33.2 Å². The molecule has 5 heteroatoms. The van der Waals surface area contributed by atoms with Crippen molar-refractivity contribution in [1.82, 2.24) is 5.32 Å². The summed E-state index contributed by atoms with van der Waals surface area (Å²) < 4.78 is 0.880. The number of carbonyl (C=O) groups excluding carboxylic acids is 1. The lowest BCUT2D eigenvalue weighted by Crippen LogP contribution is -2.38. The van der Waals surface area contributed by atoms with E-state index in [0.29, 0.717) is 4.88 Å². The van der Waals surface area contributed by atoms with Crippen molar-refractivity contribution < 1.29 is 9.90 Å². The fourth-order valence-electron chi connectivity index (χ4n) is 2.53. The molecule has 1 heterocycles. The zero-order valence-electron chi connectivity index (χ0n) is 13.7. The number of amides is 1. The number of halogens is 1. The number of benzene rings is 2. The van der Waals surface area contributed by atoms with Crippen LogP contribution in [0, 0.1) is 0 Å². The van der Waals surface area contributed by atoms with E-state index in [9.17, 15) is 9.90 Å². The van der Waals surface area contributed by atoms with E-state index < -0.39 is 5.60 Å². The van der Waals surface area contributed by atoms with Gasteiger partial charge in [0.2, 0.25) is 0 Å². The molecule has 3 aromatic rings. The molecule has 1 atom stereocenters. The Morgan fingerprint density at radius 3 is 2.36 bits per heavy atom. The van der Waals surface area contributed by atoms with E-state index in [0.717, 1.165) is 21.2 Å². The monoisotopic (exact) mass is 415 g/mol. The highest BCUT2D eigenvalue weighted by atomic mass is 79.9. The topological polar surface area (TPSA) is 49.3 Å². The maximum absolute atomic E-state index is 12.1. The highest BCUT2D eigenvalue weighted by molar-refractivity contribution is 9.10. The van der Waals surface area contributed by atoms with Crippen LogP contribution in [-0.4, -0.2) is 17.6 Å². The van der Waals surface area contributed by atoms with Crippen LogP contribution in [0.4, 0.5) is 0 Å². The number of hydrogen-bond acceptors (Lipinski definition) is 3. The van der Waals surface area contributed by atoms with Gasteiger partial charge in [-0.1, -0.05) is 54.6 Å². The first kappa shape index (κ1) is 17.9. The largest absolute Gasteiger partial charge is 0.384 e. The van der Waals surface area contributed by atoms with Gasteiger partial charge < -0.3 is 10.4 Å². The van der Waals surface area contributed by atoms with Crippen LogP contribution in [0.15, 0.2) is 70.5 Å². The third-order valence-corrected chi connectivity index (χ3v) is 5.69. The molecule has 0 aliphatic carbocycles. The normalized spacial score (nSPS) is 13.2. The van der Waals surface area contributed by atoms with Gasteiger partial charge in [0.15, 0.2) is 0 Å². The maximum Gasteiger partial charge on any atom is 0.261 e. The molecule has 1 amide bonds. The minimum atomic E-state index is -1.14. The van der Waals surface area contributed by atoms with Gasteiger partial charge >= 0.3 is 0 Å². The second kappa shape index (κ2) is 7.52. The van der Waals surface area contributed by atoms with Crippen LogP contribution in [0.1, 0.15) is 22.2 Å². The second-order valence-electron chi connectivity index (χ2n) is 6.03. The average Bonchev–Trinajstić information content (AvgIpc) is 3.07.